The number of alkyl halides is 3. The maximum atomic E-state index is 12.5. The van der Waals surface area contributed by atoms with Crippen LogP contribution in [-0.4, -0.2) is 9.91 Å². The fraction of sp³-hybridized carbons (Fsp3) is 0.286. The van der Waals surface area contributed by atoms with Gasteiger partial charge >= 0.3 is 5.69 Å². The lowest BCUT2D eigenvalue weighted by molar-refractivity contribution is -0.386. The Balaban J connectivity index is 3.39. The van der Waals surface area contributed by atoms with Gasteiger partial charge in [-0.1, -0.05) is 15.9 Å². The zero-order valence-corrected chi connectivity index (χ0v) is 10.8. The Hall–Kier alpha value is -0.380. The monoisotopic (exact) mass is 392 g/mol. The fourth-order valence-electron chi connectivity index (χ4n) is 0.975. The van der Waals surface area contributed by atoms with Crippen LogP contribution in [0.25, 0.3) is 0 Å². The van der Waals surface area contributed by atoms with E-state index in [4.69, 9.17) is 0 Å². The predicted molar refractivity (Wildman–Crippen MR) is 61.2 cm³/mol. The Labute approximate surface area is 105 Å². The normalized spacial score (nSPS) is 10.7. The van der Waals surface area contributed by atoms with Crippen molar-refractivity contribution in [2.45, 2.75) is 11.8 Å². The van der Waals surface area contributed by atoms with Crippen molar-refractivity contribution >= 4 is 44.2 Å². The Bertz CT molecular complexity index is 403. The molecule has 0 saturated carbocycles. The van der Waals surface area contributed by atoms with Gasteiger partial charge in [0.1, 0.15) is 11.9 Å². The number of hydrogen-bond donors (Lipinski definition) is 0. The number of pyridine rings is 1. The van der Waals surface area contributed by atoms with Crippen LogP contribution in [0.4, 0.5) is 14.5 Å². The molecule has 0 atom stereocenters. The lowest BCUT2D eigenvalue weighted by Crippen LogP contribution is -2.03. The molecular weight excluding hydrogens is 389 g/mol. The molecule has 0 radical (unpaired) electrons. The molecule has 0 aliphatic carbocycles. The summed E-state index contributed by atoms with van der Waals surface area (Å²) >= 11 is 4.68. The molecule has 0 N–H and O–H groups in total. The molecule has 0 saturated heterocycles. The van der Waals surface area contributed by atoms with Crippen LogP contribution < -0.4 is 0 Å². The number of nitrogens with zero attached hydrogens (tertiary/aromatic N) is 2. The average Bonchev–Trinajstić information content (AvgIpc) is 2.16. The second-order valence-corrected chi connectivity index (χ2v) is 4.15. The molecule has 1 heterocycles. The van der Waals surface area contributed by atoms with Crippen LogP contribution in [0.15, 0.2) is 6.20 Å². The maximum absolute atomic E-state index is 12.5. The van der Waals surface area contributed by atoms with Gasteiger partial charge in [0, 0.05) is 10.9 Å². The summed E-state index contributed by atoms with van der Waals surface area (Å²) in [5.41, 5.74) is -0.504. The molecule has 1 aromatic heterocycles. The summed E-state index contributed by atoms with van der Waals surface area (Å²) in [4.78, 5) is 13.3. The van der Waals surface area contributed by atoms with E-state index in [9.17, 15) is 18.9 Å². The average molecular weight is 393 g/mol. The van der Waals surface area contributed by atoms with Gasteiger partial charge in [0.25, 0.3) is 6.43 Å². The van der Waals surface area contributed by atoms with E-state index in [2.05, 4.69) is 20.9 Å². The summed E-state index contributed by atoms with van der Waals surface area (Å²) in [6.45, 7) is 0. The van der Waals surface area contributed by atoms with E-state index in [1.807, 2.05) is 0 Å². The molecule has 0 unspecified atom stereocenters. The SMILES string of the molecule is O=[N+]([O-])c1cnc(C(F)F)c(CBr)c1I. The molecule has 0 aliphatic rings. The first-order valence-electron chi connectivity index (χ1n) is 3.64. The van der Waals surface area contributed by atoms with Gasteiger partial charge in [0.2, 0.25) is 0 Å². The standard InChI is InChI=1S/C7H4BrF2IN2O2/c8-1-3-5(11)4(13(14)15)2-12-6(3)7(9)10/h2,7H,1H2. The Morgan fingerprint density at radius 1 is 1.67 bits per heavy atom. The third-order valence-electron chi connectivity index (χ3n) is 1.66. The lowest BCUT2D eigenvalue weighted by atomic mass is 10.2. The number of rotatable bonds is 3. The van der Waals surface area contributed by atoms with Crippen molar-refractivity contribution < 1.29 is 13.7 Å². The number of nitro groups is 1. The summed E-state index contributed by atoms with van der Waals surface area (Å²) in [5.74, 6) is 0. The van der Waals surface area contributed by atoms with E-state index in [-0.39, 0.29) is 20.2 Å². The van der Waals surface area contributed by atoms with E-state index in [1.54, 1.807) is 22.6 Å². The van der Waals surface area contributed by atoms with Gasteiger partial charge < -0.3 is 0 Å². The summed E-state index contributed by atoms with van der Waals surface area (Å²) in [5, 5.41) is 10.6. The largest absolute Gasteiger partial charge is 0.301 e. The molecule has 0 bridgehead atoms. The Morgan fingerprint density at radius 2 is 2.27 bits per heavy atom. The lowest BCUT2D eigenvalue weighted by Gasteiger charge is -2.07. The van der Waals surface area contributed by atoms with Crippen LogP contribution in [-0.2, 0) is 5.33 Å². The van der Waals surface area contributed by atoms with Crippen molar-refractivity contribution in [3.05, 3.63) is 31.1 Å². The summed E-state index contributed by atoms with van der Waals surface area (Å²) in [6.07, 6.45) is -1.87. The quantitative estimate of drug-likeness (QED) is 0.343. The molecule has 82 valence electrons. The third-order valence-corrected chi connectivity index (χ3v) is 3.43. The third kappa shape index (κ3) is 2.60. The van der Waals surface area contributed by atoms with E-state index in [0.29, 0.717) is 0 Å². The van der Waals surface area contributed by atoms with Crippen LogP contribution in [0.2, 0.25) is 0 Å². The fourth-order valence-corrected chi connectivity index (χ4v) is 2.87. The summed E-state index contributed by atoms with van der Waals surface area (Å²) in [7, 11) is 0. The first kappa shape index (κ1) is 12.7. The minimum absolute atomic E-state index is 0.111. The van der Waals surface area contributed by atoms with Gasteiger partial charge in [-0.15, -0.1) is 0 Å². The van der Waals surface area contributed by atoms with Crippen LogP contribution in [0.1, 0.15) is 17.7 Å². The molecule has 15 heavy (non-hydrogen) atoms. The zero-order chi connectivity index (χ0) is 11.6. The maximum Gasteiger partial charge on any atom is 0.301 e. The van der Waals surface area contributed by atoms with E-state index >= 15 is 0 Å². The van der Waals surface area contributed by atoms with Crippen molar-refractivity contribution in [3.63, 3.8) is 0 Å². The second kappa shape index (κ2) is 5.10. The molecule has 0 spiro atoms. The molecular formula is C7H4BrF2IN2O2. The van der Waals surface area contributed by atoms with Crippen molar-refractivity contribution in [1.29, 1.82) is 0 Å². The minimum Gasteiger partial charge on any atom is -0.258 e. The smallest absolute Gasteiger partial charge is 0.258 e. The first-order valence-corrected chi connectivity index (χ1v) is 5.84. The Morgan fingerprint density at radius 3 is 2.67 bits per heavy atom. The zero-order valence-electron chi connectivity index (χ0n) is 7.08. The molecule has 0 amide bonds. The second-order valence-electron chi connectivity index (χ2n) is 2.51. The summed E-state index contributed by atoms with van der Waals surface area (Å²) < 4.78 is 25.1. The Kier molecular flexibility index (Phi) is 4.32. The molecule has 1 aromatic rings. The molecule has 4 nitrogen and oxygen atoms in total. The van der Waals surface area contributed by atoms with Gasteiger partial charge in [-0.2, -0.15) is 0 Å². The topological polar surface area (TPSA) is 56.0 Å². The number of aromatic nitrogens is 1. The van der Waals surface area contributed by atoms with Gasteiger partial charge in [0.05, 0.1) is 8.49 Å². The van der Waals surface area contributed by atoms with Gasteiger partial charge in [-0.3, -0.25) is 10.1 Å². The summed E-state index contributed by atoms with van der Waals surface area (Å²) in [6, 6.07) is 0. The highest BCUT2D eigenvalue weighted by atomic mass is 127. The van der Waals surface area contributed by atoms with Gasteiger partial charge in [-0.05, 0) is 22.6 Å². The van der Waals surface area contributed by atoms with E-state index < -0.39 is 17.0 Å². The van der Waals surface area contributed by atoms with E-state index in [0.717, 1.165) is 6.20 Å². The van der Waals surface area contributed by atoms with Crippen LogP contribution >= 0.6 is 38.5 Å². The number of hydrogen-bond acceptors (Lipinski definition) is 3. The minimum atomic E-state index is -2.73. The molecule has 8 heteroatoms. The highest BCUT2D eigenvalue weighted by molar-refractivity contribution is 14.1. The molecule has 0 fully saturated rings. The number of halogens is 4. The van der Waals surface area contributed by atoms with E-state index in [1.165, 1.54) is 0 Å². The van der Waals surface area contributed by atoms with Crippen molar-refractivity contribution in [3.8, 4) is 0 Å². The van der Waals surface area contributed by atoms with Crippen LogP contribution in [0.3, 0.4) is 0 Å². The van der Waals surface area contributed by atoms with Crippen molar-refractivity contribution in [2.24, 2.45) is 0 Å². The molecule has 0 aromatic carbocycles. The van der Waals surface area contributed by atoms with Crippen molar-refractivity contribution in [1.82, 2.24) is 4.98 Å². The molecule has 0 aliphatic heterocycles. The van der Waals surface area contributed by atoms with Gasteiger partial charge in [0.15, 0.2) is 0 Å². The highest BCUT2D eigenvalue weighted by Gasteiger charge is 2.23. The van der Waals surface area contributed by atoms with Crippen molar-refractivity contribution in [2.75, 3.05) is 0 Å². The van der Waals surface area contributed by atoms with Crippen LogP contribution in [0, 0.1) is 13.7 Å². The molecule has 1 rings (SSSR count). The first-order chi connectivity index (χ1) is 6.99. The van der Waals surface area contributed by atoms with Gasteiger partial charge in [-0.25, -0.2) is 13.8 Å². The van der Waals surface area contributed by atoms with Crippen LogP contribution in [0.5, 0.6) is 0 Å². The predicted octanol–water partition coefficient (Wildman–Crippen LogP) is 3.43. The highest BCUT2D eigenvalue weighted by Crippen LogP contribution is 2.31.